The summed E-state index contributed by atoms with van der Waals surface area (Å²) in [6, 6.07) is 13.1. The van der Waals surface area contributed by atoms with E-state index in [0.717, 1.165) is 18.6 Å². The Kier molecular flexibility index (Phi) is 6.04. The van der Waals surface area contributed by atoms with Gasteiger partial charge >= 0.3 is 0 Å². The molecule has 4 N–H and O–H groups in total. The minimum absolute atomic E-state index is 0.113. The van der Waals surface area contributed by atoms with Crippen LogP contribution in [-0.4, -0.2) is 60.4 Å². The lowest BCUT2D eigenvalue weighted by atomic mass is 9.89. The van der Waals surface area contributed by atoms with Gasteiger partial charge in [0.1, 0.15) is 5.60 Å². The number of imidazole rings is 1. The van der Waals surface area contributed by atoms with Gasteiger partial charge in [-0.15, -0.1) is 0 Å². The zero-order valence-electron chi connectivity index (χ0n) is 22.8. The largest absolute Gasteiger partial charge is 0.389 e. The first-order valence-corrected chi connectivity index (χ1v) is 13.9. The monoisotopic (exact) mass is 570 g/mol. The number of fused-ring (bicyclic) bond motifs is 2. The standard InChI is InChI=1S/C31H28F2N6O3/c1-15-23(30(41)34-2)27(40)31(42)24(15)26(31)39-14-35-25-28(36-21-13-18(21)17-6-4-3-5-7-17)37-22(38-29(25)39)11-9-16-8-10-19(32)20(33)12-16/h3-8,10,12,14-15,18,21,23-24,26-27,40,42H,13H2,1-2H3,(H,34,41)(H,36,37,38)/t15-,18?,21+,23-,24-,26?,27+,31+/m0/s1. The number of amides is 1. The zero-order chi connectivity index (χ0) is 29.3. The highest BCUT2D eigenvalue weighted by Crippen LogP contribution is 2.68. The molecule has 3 aliphatic carbocycles. The molecule has 3 fully saturated rings. The summed E-state index contributed by atoms with van der Waals surface area (Å²) in [5, 5.41) is 28.6. The molecular weight excluding hydrogens is 542 g/mol. The van der Waals surface area contributed by atoms with Crippen molar-refractivity contribution in [2.75, 3.05) is 12.4 Å². The van der Waals surface area contributed by atoms with Crippen molar-refractivity contribution in [1.29, 1.82) is 0 Å². The van der Waals surface area contributed by atoms with E-state index in [1.807, 2.05) is 25.1 Å². The second kappa shape index (κ2) is 9.58. The number of hydrogen-bond acceptors (Lipinski definition) is 7. The van der Waals surface area contributed by atoms with E-state index in [1.165, 1.54) is 18.7 Å². The fraction of sp³-hybridized carbons (Fsp3) is 0.355. The van der Waals surface area contributed by atoms with Gasteiger partial charge in [0, 0.05) is 30.5 Å². The second-order valence-corrected chi connectivity index (χ2v) is 11.4. The molecule has 2 aromatic carbocycles. The number of aliphatic hydroxyl groups excluding tert-OH is 1. The van der Waals surface area contributed by atoms with E-state index < -0.39 is 35.3 Å². The topological polar surface area (TPSA) is 125 Å². The first-order valence-electron chi connectivity index (χ1n) is 13.9. The van der Waals surface area contributed by atoms with Crippen LogP contribution in [0, 0.1) is 41.2 Å². The first-order chi connectivity index (χ1) is 20.2. The second-order valence-electron chi connectivity index (χ2n) is 11.4. The van der Waals surface area contributed by atoms with Gasteiger partial charge in [0.2, 0.25) is 11.7 Å². The fourth-order valence-electron chi connectivity index (χ4n) is 6.80. The van der Waals surface area contributed by atoms with Crippen molar-refractivity contribution in [3.05, 3.63) is 83.4 Å². The molecular formula is C31H28F2N6O3. The molecule has 11 heteroatoms. The Morgan fingerprint density at radius 2 is 1.90 bits per heavy atom. The molecule has 0 saturated heterocycles. The molecule has 7 rings (SSSR count). The Morgan fingerprint density at radius 3 is 2.60 bits per heavy atom. The van der Waals surface area contributed by atoms with Crippen LogP contribution in [0.4, 0.5) is 14.6 Å². The van der Waals surface area contributed by atoms with Gasteiger partial charge in [0.05, 0.1) is 24.4 Å². The highest BCUT2D eigenvalue weighted by molar-refractivity contribution is 5.85. The maximum atomic E-state index is 13.8. The van der Waals surface area contributed by atoms with Crippen molar-refractivity contribution in [2.45, 2.75) is 43.1 Å². The van der Waals surface area contributed by atoms with Gasteiger partial charge in [-0.1, -0.05) is 43.2 Å². The van der Waals surface area contributed by atoms with Crippen molar-refractivity contribution in [3.63, 3.8) is 0 Å². The first kappa shape index (κ1) is 26.5. The average Bonchev–Trinajstić information content (AvgIpc) is 3.82. The fourth-order valence-corrected chi connectivity index (χ4v) is 6.80. The quantitative estimate of drug-likeness (QED) is 0.272. The van der Waals surface area contributed by atoms with E-state index in [4.69, 9.17) is 0 Å². The maximum absolute atomic E-state index is 13.8. The number of aliphatic hydroxyl groups is 2. The summed E-state index contributed by atoms with van der Waals surface area (Å²) in [6.07, 6.45) is 1.21. The molecule has 3 saturated carbocycles. The number of halogens is 2. The van der Waals surface area contributed by atoms with E-state index >= 15 is 0 Å². The molecule has 9 nitrogen and oxygen atoms in total. The Morgan fingerprint density at radius 1 is 1.12 bits per heavy atom. The number of rotatable bonds is 5. The van der Waals surface area contributed by atoms with E-state index in [-0.39, 0.29) is 35.2 Å². The molecule has 2 unspecified atom stereocenters. The predicted molar refractivity (Wildman–Crippen MR) is 149 cm³/mol. The van der Waals surface area contributed by atoms with Crippen LogP contribution < -0.4 is 10.6 Å². The molecule has 0 radical (unpaired) electrons. The minimum Gasteiger partial charge on any atom is -0.389 e. The predicted octanol–water partition coefficient (Wildman–Crippen LogP) is 2.75. The summed E-state index contributed by atoms with van der Waals surface area (Å²) < 4.78 is 28.9. The van der Waals surface area contributed by atoms with Crippen molar-refractivity contribution < 1.29 is 23.8 Å². The smallest absolute Gasteiger partial charge is 0.225 e. The van der Waals surface area contributed by atoms with Gasteiger partial charge in [-0.3, -0.25) is 4.79 Å². The van der Waals surface area contributed by atoms with Crippen molar-refractivity contribution in [3.8, 4) is 11.8 Å². The molecule has 4 aromatic rings. The summed E-state index contributed by atoms with van der Waals surface area (Å²) in [7, 11) is 1.51. The zero-order valence-corrected chi connectivity index (χ0v) is 22.8. The highest BCUT2D eigenvalue weighted by atomic mass is 19.2. The average molecular weight is 571 g/mol. The number of anilines is 1. The third kappa shape index (κ3) is 4.05. The van der Waals surface area contributed by atoms with Crippen LogP contribution in [0.5, 0.6) is 0 Å². The molecule has 3 aliphatic rings. The number of nitrogens with one attached hydrogen (secondary N) is 2. The molecule has 42 heavy (non-hydrogen) atoms. The van der Waals surface area contributed by atoms with Gasteiger partial charge in [-0.25, -0.2) is 23.7 Å². The molecule has 0 aliphatic heterocycles. The van der Waals surface area contributed by atoms with Gasteiger partial charge in [0.25, 0.3) is 0 Å². The van der Waals surface area contributed by atoms with Gasteiger partial charge in [-0.2, -0.15) is 0 Å². The van der Waals surface area contributed by atoms with Crippen molar-refractivity contribution in [1.82, 2.24) is 24.8 Å². The van der Waals surface area contributed by atoms with Crippen LogP contribution in [0.1, 0.15) is 42.3 Å². The summed E-state index contributed by atoms with van der Waals surface area (Å²) in [4.78, 5) is 26.2. The summed E-state index contributed by atoms with van der Waals surface area (Å²) in [6.45, 7) is 1.85. The number of benzene rings is 2. The van der Waals surface area contributed by atoms with Crippen LogP contribution in [-0.2, 0) is 4.79 Å². The lowest BCUT2D eigenvalue weighted by Crippen LogP contribution is -2.43. The van der Waals surface area contributed by atoms with Crippen LogP contribution >= 0.6 is 0 Å². The molecule has 214 valence electrons. The SMILES string of the molecule is CNC(=O)[C@H]1[C@H](C)[C@H]2C(n3cnc4c(N[C@@H]5CC5c5ccccc5)nc(C#Cc5ccc(F)c(F)c5)nc43)[C@@]2(O)[C@@H]1O. The number of hydrogen-bond donors (Lipinski definition) is 4. The van der Waals surface area contributed by atoms with E-state index in [2.05, 4.69) is 49.6 Å². The number of nitrogens with zero attached hydrogens (tertiary/aromatic N) is 4. The molecule has 2 heterocycles. The Balaban J connectivity index is 1.26. The van der Waals surface area contributed by atoms with Crippen molar-refractivity contribution >= 4 is 22.9 Å². The Hall–Kier alpha value is -4.40. The maximum Gasteiger partial charge on any atom is 0.225 e. The number of carbonyl (C=O) groups excluding carboxylic acids is 1. The molecule has 2 aromatic heterocycles. The van der Waals surface area contributed by atoms with Crippen LogP contribution in [0.15, 0.2) is 54.9 Å². The molecule has 0 spiro atoms. The third-order valence-corrected chi connectivity index (χ3v) is 9.03. The van der Waals surface area contributed by atoms with E-state index in [1.54, 1.807) is 10.9 Å². The molecule has 1 amide bonds. The summed E-state index contributed by atoms with van der Waals surface area (Å²) >= 11 is 0. The van der Waals surface area contributed by atoms with Gasteiger partial charge < -0.3 is 25.4 Å². The van der Waals surface area contributed by atoms with Gasteiger partial charge in [0.15, 0.2) is 28.6 Å². The minimum atomic E-state index is -1.52. The number of carbonyl (C=O) groups is 1. The van der Waals surface area contributed by atoms with Gasteiger partial charge in [-0.05, 0) is 42.0 Å². The normalized spacial score (nSPS) is 30.8. The lowest BCUT2D eigenvalue weighted by Gasteiger charge is -2.25. The number of aromatic nitrogens is 4. The lowest BCUT2D eigenvalue weighted by molar-refractivity contribution is -0.132. The van der Waals surface area contributed by atoms with E-state index in [0.29, 0.717) is 22.9 Å². The Bertz CT molecular complexity index is 1790. The highest BCUT2D eigenvalue weighted by Gasteiger charge is 2.79. The summed E-state index contributed by atoms with van der Waals surface area (Å²) in [5.74, 6) is 2.85. The molecule has 8 atom stereocenters. The summed E-state index contributed by atoms with van der Waals surface area (Å²) in [5.41, 5.74) is 0.837. The van der Waals surface area contributed by atoms with E-state index in [9.17, 15) is 23.8 Å². The van der Waals surface area contributed by atoms with Crippen LogP contribution in [0.2, 0.25) is 0 Å². The Labute approximate surface area is 240 Å². The molecule has 0 bridgehead atoms. The van der Waals surface area contributed by atoms with Crippen LogP contribution in [0.25, 0.3) is 11.2 Å². The van der Waals surface area contributed by atoms with Crippen molar-refractivity contribution in [2.24, 2.45) is 17.8 Å². The third-order valence-electron chi connectivity index (χ3n) is 9.03. The van der Waals surface area contributed by atoms with Crippen LogP contribution in [0.3, 0.4) is 0 Å².